The first-order valence-electron chi connectivity index (χ1n) is 9.42. The average molecular weight is 421 g/mol. The number of carbonyl (C=O) groups excluding carboxylic acids is 1. The molecule has 0 radical (unpaired) electrons. The van der Waals surface area contributed by atoms with Gasteiger partial charge in [0.2, 0.25) is 0 Å². The minimum Gasteiger partial charge on any atom is -0.493 e. The lowest BCUT2D eigenvalue weighted by molar-refractivity contribution is 0.0955. The van der Waals surface area contributed by atoms with E-state index in [0.717, 1.165) is 18.5 Å². The summed E-state index contributed by atoms with van der Waals surface area (Å²) in [6.07, 6.45) is 7.60. The molecule has 1 atom stereocenters. The van der Waals surface area contributed by atoms with Crippen LogP contribution in [-0.4, -0.2) is 37.6 Å². The molecule has 4 rings (SSSR count). The molecule has 1 fully saturated rings. The standard InChI is InChI=1S/C21H22Cl2N2O3/c1-25-11-14(20-15(22)9-24-10-16(20)23)21(26)13-7-19(18(27-2)8-17(13)25)28-12-5-3-4-6-12/h7-10,12,14H,3-6,11H2,1-2H3. The van der Waals surface area contributed by atoms with Crippen LogP contribution in [0, 0.1) is 0 Å². The summed E-state index contributed by atoms with van der Waals surface area (Å²) < 4.78 is 11.7. The van der Waals surface area contributed by atoms with Gasteiger partial charge in [-0.25, -0.2) is 0 Å². The van der Waals surface area contributed by atoms with Crippen molar-refractivity contribution in [2.45, 2.75) is 37.7 Å². The molecule has 1 aromatic heterocycles. The number of ketones is 1. The molecule has 2 aromatic rings. The van der Waals surface area contributed by atoms with Gasteiger partial charge in [0.15, 0.2) is 17.3 Å². The first-order chi connectivity index (χ1) is 13.5. The molecule has 0 saturated heterocycles. The third-order valence-electron chi connectivity index (χ3n) is 5.57. The molecular formula is C21H22Cl2N2O3. The number of halogens is 2. The second-order valence-electron chi connectivity index (χ2n) is 7.36. The number of hydrogen-bond acceptors (Lipinski definition) is 5. The van der Waals surface area contributed by atoms with Crippen LogP contribution >= 0.6 is 23.2 Å². The maximum atomic E-state index is 13.4. The van der Waals surface area contributed by atoms with E-state index in [4.69, 9.17) is 32.7 Å². The van der Waals surface area contributed by atoms with Crippen molar-refractivity contribution in [2.75, 3.05) is 25.6 Å². The molecule has 0 amide bonds. The average Bonchev–Trinajstić information content (AvgIpc) is 3.18. The summed E-state index contributed by atoms with van der Waals surface area (Å²) in [6, 6.07) is 3.68. The van der Waals surface area contributed by atoms with Gasteiger partial charge in [-0.1, -0.05) is 23.2 Å². The Hall–Kier alpha value is -1.98. The molecule has 2 aliphatic rings. The predicted octanol–water partition coefficient (Wildman–Crippen LogP) is 5.13. The van der Waals surface area contributed by atoms with Gasteiger partial charge in [-0.3, -0.25) is 9.78 Å². The lowest BCUT2D eigenvalue weighted by atomic mass is 9.86. The number of likely N-dealkylation sites (N-methyl/N-ethyl adjacent to an activating group) is 1. The van der Waals surface area contributed by atoms with E-state index >= 15 is 0 Å². The molecule has 0 N–H and O–H groups in total. The van der Waals surface area contributed by atoms with E-state index in [-0.39, 0.29) is 11.9 Å². The molecular weight excluding hydrogens is 399 g/mol. The summed E-state index contributed by atoms with van der Waals surface area (Å²) in [4.78, 5) is 19.4. The molecule has 1 unspecified atom stereocenters. The second kappa shape index (κ2) is 7.80. The Bertz CT molecular complexity index is 893. The van der Waals surface area contributed by atoms with E-state index in [1.165, 1.54) is 25.2 Å². The van der Waals surface area contributed by atoms with Crippen LogP contribution < -0.4 is 14.4 Å². The summed E-state index contributed by atoms with van der Waals surface area (Å²) in [5.41, 5.74) is 2.03. The minimum absolute atomic E-state index is 0.0259. The number of ether oxygens (including phenoxy) is 2. The van der Waals surface area contributed by atoms with E-state index in [1.807, 2.05) is 18.0 Å². The van der Waals surface area contributed by atoms with Crippen molar-refractivity contribution in [3.63, 3.8) is 0 Å². The minimum atomic E-state index is -0.465. The van der Waals surface area contributed by atoms with Crippen molar-refractivity contribution in [2.24, 2.45) is 0 Å². The van der Waals surface area contributed by atoms with Gasteiger partial charge in [0.05, 0.1) is 34.9 Å². The molecule has 1 aliphatic carbocycles. The van der Waals surface area contributed by atoms with Gasteiger partial charge in [0, 0.05) is 43.2 Å². The summed E-state index contributed by atoms with van der Waals surface area (Å²) >= 11 is 12.7. The fourth-order valence-electron chi connectivity index (χ4n) is 4.12. The van der Waals surface area contributed by atoms with Crippen LogP contribution in [-0.2, 0) is 0 Å². The van der Waals surface area contributed by atoms with Crippen LogP contribution in [0.4, 0.5) is 5.69 Å². The summed E-state index contributed by atoms with van der Waals surface area (Å²) in [5, 5.41) is 0.803. The SMILES string of the molecule is COc1cc2c(cc1OC1CCCC1)C(=O)C(c1c(Cl)cncc1Cl)CN2C. The van der Waals surface area contributed by atoms with Crippen molar-refractivity contribution in [1.82, 2.24) is 4.98 Å². The largest absolute Gasteiger partial charge is 0.493 e. The van der Waals surface area contributed by atoms with Crippen LogP contribution in [0.1, 0.15) is 47.5 Å². The normalized spacial score (nSPS) is 19.6. The van der Waals surface area contributed by atoms with E-state index in [9.17, 15) is 4.79 Å². The lowest BCUT2D eigenvalue weighted by Crippen LogP contribution is -2.35. The highest BCUT2D eigenvalue weighted by Gasteiger charge is 2.35. The smallest absolute Gasteiger partial charge is 0.174 e. The number of rotatable bonds is 4. The van der Waals surface area contributed by atoms with Crippen LogP contribution in [0.3, 0.4) is 0 Å². The molecule has 1 saturated carbocycles. The van der Waals surface area contributed by atoms with Crippen molar-refractivity contribution >= 4 is 34.7 Å². The first kappa shape index (κ1) is 19.3. The summed E-state index contributed by atoms with van der Waals surface area (Å²) in [6.45, 7) is 0.473. The maximum Gasteiger partial charge on any atom is 0.174 e. The molecule has 148 valence electrons. The molecule has 1 aliphatic heterocycles. The zero-order chi connectivity index (χ0) is 19.8. The number of anilines is 1. The number of benzene rings is 1. The molecule has 5 nitrogen and oxygen atoms in total. The van der Waals surface area contributed by atoms with Gasteiger partial charge in [0.25, 0.3) is 0 Å². The van der Waals surface area contributed by atoms with E-state index in [0.29, 0.717) is 39.2 Å². The third-order valence-corrected chi connectivity index (χ3v) is 6.17. The van der Waals surface area contributed by atoms with Crippen molar-refractivity contribution < 1.29 is 14.3 Å². The quantitative estimate of drug-likeness (QED) is 0.685. The van der Waals surface area contributed by atoms with Gasteiger partial charge >= 0.3 is 0 Å². The molecule has 0 bridgehead atoms. The van der Waals surface area contributed by atoms with Crippen LogP contribution in [0.5, 0.6) is 11.5 Å². The number of nitrogens with zero attached hydrogens (tertiary/aromatic N) is 2. The van der Waals surface area contributed by atoms with Gasteiger partial charge in [-0.05, 0) is 31.7 Å². The monoisotopic (exact) mass is 420 g/mol. The highest BCUT2D eigenvalue weighted by molar-refractivity contribution is 6.36. The van der Waals surface area contributed by atoms with E-state index in [1.54, 1.807) is 13.2 Å². The number of methoxy groups -OCH3 is 1. The molecule has 2 heterocycles. The Balaban J connectivity index is 1.75. The van der Waals surface area contributed by atoms with Crippen LogP contribution in [0.2, 0.25) is 10.0 Å². The topological polar surface area (TPSA) is 51.7 Å². The Labute approximate surface area is 174 Å². The number of hydrogen-bond donors (Lipinski definition) is 0. The summed E-state index contributed by atoms with van der Waals surface area (Å²) in [5.74, 6) is 0.765. The lowest BCUT2D eigenvalue weighted by Gasteiger charge is -2.34. The Morgan fingerprint density at radius 2 is 1.79 bits per heavy atom. The Morgan fingerprint density at radius 1 is 1.11 bits per heavy atom. The van der Waals surface area contributed by atoms with Gasteiger partial charge < -0.3 is 14.4 Å². The third kappa shape index (κ3) is 3.42. The Morgan fingerprint density at radius 3 is 2.43 bits per heavy atom. The van der Waals surface area contributed by atoms with Gasteiger partial charge in [-0.2, -0.15) is 0 Å². The molecule has 7 heteroatoms. The number of fused-ring (bicyclic) bond motifs is 1. The van der Waals surface area contributed by atoms with Crippen molar-refractivity contribution in [1.29, 1.82) is 0 Å². The summed E-state index contributed by atoms with van der Waals surface area (Å²) in [7, 11) is 3.56. The highest BCUT2D eigenvalue weighted by Crippen LogP contribution is 2.43. The highest BCUT2D eigenvalue weighted by atomic mass is 35.5. The number of pyridine rings is 1. The predicted molar refractivity (Wildman–Crippen MR) is 110 cm³/mol. The van der Waals surface area contributed by atoms with E-state index < -0.39 is 5.92 Å². The van der Waals surface area contributed by atoms with Gasteiger partial charge in [0.1, 0.15) is 0 Å². The number of Topliss-reactive ketones (excluding diaryl/α,β-unsaturated/α-hetero) is 1. The zero-order valence-electron chi connectivity index (χ0n) is 15.9. The van der Waals surface area contributed by atoms with Crippen LogP contribution in [0.25, 0.3) is 0 Å². The fourth-order valence-corrected chi connectivity index (χ4v) is 4.75. The number of aromatic nitrogens is 1. The first-order valence-corrected chi connectivity index (χ1v) is 10.2. The van der Waals surface area contributed by atoms with Crippen molar-refractivity contribution in [3.8, 4) is 11.5 Å². The molecule has 0 spiro atoms. The second-order valence-corrected chi connectivity index (χ2v) is 8.17. The molecule has 1 aromatic carbocycles. The maximum absolute atomic E-state index is 13.4. The van der Waals surface area contributed by atoms with Crippen molar-refractivity contribution in [3.05, 3.63) is 45.7 Å². The van der Waals surface area contributed by atoms with E-state index in [2.05, 4.69) is 4.98 Å². The number of carbonyl (C=O) groups is 1. The zero-order valence-corrected chi connectivity index (χ0v) is 17.4. The Kier molecular flexibility index (Phi) is 5.39. The molecule has 28 heavy (non-hydrogen) atoms. The van der Waals surface area contributed by atoms with Gasteiger partial charge in [-0.15, -0.1) is 0 Å². The fraction of sp³-hybridized carbons (Fsp3) is 0.429. The van der Waals surface area contributed by atoms with Crippen LogP contribution in [0.15, 0.2) is 24.5 Å².